The Morgan fingerprint density at radius 3 is 2.53 bits per heavy atom. The molecular formula is C12H13Cl2NO2S2. The van der Waals surface area contributed by atoms with E-state index in [1.165, 1.54) is 10.4 Å². The van der Waals surface area contributed by atoms with Crippen molar-refractivity contribution in [3.8, 4) is 0 Å². The minimum absolute atomic E-state index is 0.0368. The van der Waals surface area contributed by atoms with Crippen molar-refractivity contribution in [3.05, 3.63) is 26.9 Å². The van der Waals surface area contributed by atoms with Crippen molar-refractivity contribution < 1.29 is 8.42 Å². The Hall–Kier alpha value is -0.0700. The lowest BCUT2D eigenvalue weighted by atomic mass is 10.0. The van der Waals surface area contributed by atoms with Gasteiger partial charge in [-0.2, -0.15) is 4.31 Å². The highest BCUT2D eigenvalue weighted by molar-refractivity contribution is 7.89. The summed E-state index contributed by atoms with van der Waals surface area (Å²) >= 11 is 12.9. The Morgan fingerprint density at radius 2 is 2.05 bits per heavy atom. The zero-order valence-electron chi connectivity index (χ0n) is 10.2. The molecule has 1 heterocycles. The first-order valence-corrected chi connectivity index (χ1v) is 9.02. The van der Waals surface area contributed by atoms with Crippen molar-refractivity contribution >= 4 is 44.6 Å². The van der Waals surface area contributed by atoms with Crippen molar-refractivity contribution in [2.24, 2.45) is 11.8 Å². The lowest BCUT2D eigenvalue weighted by molar-refractivity contribution is 0.327. The summed E-state index contributed by atoms with van der Waals surface area (Å²) in [7, 11) is -1.93. The fourth-order valence-electron chi connectivity index (χ4n) is 3.00. The number of fused-ring (bicyclic) bond motifs is 2. The number of allylic oxidation sites excluding steroid dienone is 1. The van der Waals surface area contributed by atoms with Crippen molar-refractivity contribution in [3.63, 3.8) is 0 Å². The molecule has 0 aromatic carbocycles. The van der Waals surface area contributed by atoms with Crippen LogP contribution in [0.3, 0.4) is 0 Å². The molecule has 1 aromatic rings. The Labute approximate surface area is 126 Å². The summed E-state index contributed by atoms with van der Waals surface area (Å²) in [5, 5.41) is 0. The van der Waals surface area contributed by atoms with Crippen molar-refractivity contribution in [2.45, 2.75) is 23.8 Å². The topological polar surface area (TPSA) is 37.4 Å². The fourth-order valence-corrected chi connectivity index (χ4v) is 6.53. The fraction of sp³-hybridized carbons (Fsp3) is 0.500. The van der Waals surface area contributed by atoms with Gasteiger partial charge in [-0.05, 0) is 30.7 Å². The highest BCUT2D eigenvalue weighted by Crippen LogP contribution is 2.44. The first-order valence-electron chi connectivity index (χ1n) is 6.01. The van der Waals surface area contributed by atoms with E-state index in [1.807, 2.05) is 0 Å². The molecule has 3 rings (SSSR count). The number of hydrogen-bond donors (Lipinski definition) is 0. The van der Waals surface area contributed by atoms with Crippen LogP contribution in [0, 0.1) is 11.8 Å². The normalized spacial score (nSPS) is 29.6. The van der Waals surface area contributed by atoms with Gasteiger partial charge in [-0.3, -0.25) is 0 Å². The maximum atomic E-state index is 12.6. The van der Waals surface area contributed by atoms with Gasteiger partial charge in [0, 0.05) is 13.1 Å². The summed E-state index contributed by atoms with van der Waals surface area (Å²) in [5.74, 6) is 0.854. The third kappa shape index (κ3) is 2.25. The summed E-state index contributed by atoms with van der Waals surface area (Å²) in [5.41, 5.74) is 0. The molecule has 3 nitrogen and oxygen atoms in total. The first-order chi connectivity index (χ1) is 8.89. The van der Waals surface area contributed by atoms with Crippen LogP contribution in [-0.4, -0.2) is 25.8 Å². The molecule has 0 amide bonds. The molecule has 0 radical (unpaired) electrons. The first kappa shape index (κ1) is 13.9. The van der Waals surface area contributed by atoms with Crippen LogP contribution in [0.4, 0.5) is 0 Å². The van der Waals surface area contributed by atoms with Gasteiger partial charge in [0.25, 0.3) is 0 Å². The largest absolute Gasteiger partial charge is 0.245 e. The predicted octanol–water partition coefficient (Wildman–Crippen LogP) is 3.64. The van der Waals surface area contributed by atoms with Gasteiger partial charge >= 0.3 is 0 Å². The van der Waals surface area contributed by atoms with Gasteiger partial charge in [0.1, 0.15) is 9.23 Å². The lowest BCUT2D eigenvalue weighted by Crippen LogP contribution is -2.39. The van der Waals surface area contributed by atoms with Crippen molar-refractivity contribution in [2.75, 3.05) is 7.05 Å². The SMILES string of the molecule is CN([C@@H]1C[C@@H]2C=C[C@@H]1C2)S(=O)(=O)c1cc(Cl)sc1Cl. The zero-order valence-corrected chi connectivity index (χ0v) is 13.4. The molecule has 1 fully saturated rings. The van der Waals surface area contributed by atoms with Gasteiger partial charge in [-0.25, -0.2) is 8.42 Å². The molecule has 19 heavy (non-hydrogen) atoms. The third-order valence-corrected chi connectivity index (χ3v) is 7.63. The van der Waals surface area contributed by atoms with Crippen LogP contribution in [-0.2, 0) is 10.0 Å². The van der Waals surface area contributed by atoms with Crippen LogP contribution in [0.1, 0.15) is 12.8 Å². The highest BCUT2D eigenvalue weighted by atomic mass is 35.5. The minimum Gasteiger partial charge on any atom is -0.207 e. The minimum atomic E-state index is -3.56. The number of halogens is 2. The quantitative estimate of drug-likeness (QED) is 0.789. The van der Waals surface area contributed by atoms with Crippen molar-refractivity contribution in [1.82, 2.24) is 4.31 Å². The van der Waals surface area contributed by atoms with E-state index < -0.39 is 10.0 Å². The summed E-state index contributed by atoms with van der Waals surface area (Å²) < 4.78 is 27.3. The van der Waals surface area contributed by atoms with Crippen LogP contribution >= 0.6 is 34.5 Å². The van der Waals surface area contributed by atoms with Gasteiger partial charge in [-0.1, -0.05) is 35.4 Å². The summed E-state index contributed by atoms with van der Waals surface area (Å²) in [6, 6.07) is 1.47. The molecule has 0 N–H and O–H groups in total. The highest BCUT2D eigenvalue weighted by Gasteiger charge is 2.42. The van der Waals surface area contributed by atoms with Crippen LogP contribution in [0.15, 0.2) is 23.1 Å². The number of thiophene rings is 1. The summed E-state index contributed by atoms with van der Waals surface area (Å²) in [6.45, 7) is 0. The monoisotopic (exact) mass is 337 g/mol. The van der Waals surface area contributed by atoms with E-state index >= 15 is 0 Å². The van der Waals surface area contributed by atoms with E-state index in [4.69, 9.17) is 23.2 Å². The molecule has 7 heteroatoms. The Balaban J connectivity index is 1.92. The van der Waals surface area contributed by atoms with Crippen LogP contribution in [0.5, 0.6) is 0 Å². The molecule has 2 aliphatic carbocycles. The second kappa shape index (κ2) is 4.74. The average molecular weight is 338 g/mol. The Kier molecular flexibility index (Phi) is 3.47. The van der Waals surface area contributed by atoms with Crippen molar-refractivity contribution in [1.29, 1.82) is 0 Å². The van der Waals surface area contributed by atoms with E-state index in [9.17, 15) is 8.42 Å². The van der Waals surface area contributed by atoms with E-state index in [-0.39, 0.29) is 15.3 Å². The second-order valence-corrected chi connectivity index (χ2v) is 9.31. The van der Waals surface area contributed by atoms with E-state index in [1.54, 1.807) is 7.05 Å². The molecule has 3 atom stereocenters. The number of hydrogen-bond acceptors (Lipinski definition) is 3. The summed E-state index contributed by atoms with van der Waals surface area (Å²) in [4.78, 5) is 0.124. The standard InChI is InChI=1S/C12H13Cl2NO2S2/c1-15(9-5-7-2-3-8(9)4-7)19(16,17)10-6-11(13)18-12(10)14/h2-3,6-9H,4-5H2,1H3/t7-,8-,9-/m1/s1. The van der Waals surface area contributed by atoms with Gasteiger partial charge in [0.15, 0.2) is 0 Å². The van der Waals surface area contributed by atoms with Gasteiger partial charge in [0.2, 0.25) is 10.0 Å². The smallest absolute Gasteiger partial charge is 0.207 e. The molecule has 1 aromatic heterocycles. The second-order valence-electron chi connectivity index (χ2n) is 5.06. The summed E-state index contributed by atoms with van der Waals surface area (Å²) in [6.07, 6.45) is 6.28. The maximum absolute atomic E-state index is 12.6. The number of rotatable bonds is 3. The van der Waals surface area contributed by atoms with E-state index in [0.717, 1.165) is 24.2 Å². The predicted molar refractivity (Wildman–Crippen MR) is 78.4 cm³/mol. The van der Waals surface area contributed by atoms with Crippen LogP contribution in [0.25, 0.3) is 0 Å². The molecule has 0 spiro atoms. The lowest BCUT2D eigenvalue weighted by Gasteiger charge is -2.28. The van der Waals surface area contributed by atoms with Crippen LogP contribution in [0.2, 0.25) is 8.67 Å². The molecule has 2 aliphatic rings. The molecule has 104 valence electrons. The van der Waals surface area contributed by atoms with Crippen LogP contribution < -0.4 is 0 Å². The van der Waals surface area contributed by atoms with Gasteiger partial charge in [0.05, 0.1) is 4.34 Å². The molecule has 1 saturated carbocycles. The van der Waals surface area contributed by atoms with Gasteiger partial charge < -0.3 is 0 Å². The van der Waals surface area contributed by atoms with E-state index in [0.29, 0.717) is 16.2 Å². The van der Waals surface area contributed by atoms with E-state index in [2.05, 4.69) is 12.2 Å². The molecule has 0 saturated heterocycles. The average Bonchev–Trinajstić information content (AvgIpc) is 3.03. The number of nitrogens with zero attached hydrogens (tertiary/aromatic N) is 1. The molecule has 0 unspecified atom stereocenters. The number of sulfonamides is 1. The Morgan fingerprint density at radius 1 is 1.32 bits per heavy atom. The van der Waals surface area contributed by atoms with Gasteiger partial charge in [-0.15, -0.1) is 11.3 Å². The molecule has 2 bridgehead atoms. The Bertz CT molecular complexity index is 638. The molecule has 0 aliphatic heterocycles. The molecular weight excluding hydrogens is 325 g/mol. The maximum Gasteiger partial charge on any atom is 0.245 e. The third-order valence-electron chi connectivity index (χ3n) is 3.99. The zero-order chi connectivity index (χ0) is 13.8.